The second-order valence-corrected chi connectivity index (χ2v) is 6.96. The molecule has 1 aliphatic heterocycles. The molecule has 4 heterocycles. The van der Waals surface area contributed by atoms with E-state index in [-0.39, 0.29) is 23.6 Å². The summed E-state index contributed by atoms with van der Waals surface area (Å²) in [5.41, 5.74) is 2.60. The molecule has 0 aliphatic carbocycles. The van der Waals surface area contributed by atoms with Crippen molar-refractivity contribution in [3.63, 3.8) is 0 Å². The normalized spacial score (nSPS) is 19.3. The van der Waals surface area contributed by atoms with Crippen LogP contribution in [0, 0.1) is 5.92 Å². The van der Waals surface area contributed by atoms with Crippen molar-refractivity contribution >= 4 is 27.8 Å². The van der Waals surface area contributed by atoms with Gasteiger partial charge in [0.05, 0.1) is 30.2 Å². The minimum Gasteiger partial charge on any atom is -0.379 e. The highest BCUT2D eigenvalue weighted by Crippen LogP contribution is 2.25. The summed E-state index contributed by atoms with van der Waals surface area (Å²) in [4.78, 5) is 21.3. The number of ether oxygens (including phenoxy) is 1. The van der Waals surface area contributed by atoms with Crippen LogP contribution in [0.3, 0.4) is 0 Å². The maximum Gasteiger partial charge on any atom is 0.290 e. The number of aromatic nitrogens is 3. The lowest BCUT2D eigenvalue weighted by Crippen LogP contribution is -2.40. The molecule has 0 bridgehead atoms. The van der Waals surface area contributed by atoms with E-state index in [1.54, 1.807) is 18.3 Å². The highest BCUT2D eigenvalue weighted by molar-refractivity contribution is 6.02. The van der Waals surface area contributed by atoms with Crippen LogP contribution < -0.4 is 5.32 Å². The lowest BCUT2D eigenvalue weighted by Gasteiger charge is -2.19. The highest BCUT2D eigenvalue weighted by atomic mass is 16.5. The summed E-state index contributed by atoms with van der Waals surface area (Å²) in [6, 6.07) is 13.6. The van der Waals surface area contributed by atoms with E-state index >= 15 is 0 Å². The molecule has 0 radical (unpaired) electrons. The van der Waals surface area contributed by atoms with Crippen molar-refractivity contribution in [2.45, 2.75) is 12.5 Å². The predicted octanol–water partition coefficient (Wildman–Crippen LogP) is 2.76. The fourth-order valence-electron chi connectivity index (χ4n) is 3.76. The molecule has 7 heteroatoms. The predicted molar refractivity (Wildman–Crippen MR) is 103 cm³/mol. The molecule has 1 N–H and O–H groups in total. The first kappa shape index (κ1) is 16.8. The minimum atomic E-state index is -0.296. The van der Waals surface area contributed by atoms with Crippen LogP contribution in [0.25, 0.3) is 21.9 Å². The quantitative estimate of drug-likeness (QED) is 0.591. The number of para-hydroxylation sites is 1. The Balaban J connectivity index is 1.36. The monoisotopic (exact) mass is 374 g/mol. The zero-order valence-corrected chi connectivity index (χ0v) is 15.0. The number of nitrogens with one attached hydrogen (secondary N) is 1. The summed E-state index contributed by atoms with van der Waals surface area (Å²) >= 11 is 0. The van der Waals surface area contributed by atoms with E-state index in [0.29, 0.717) is 24.2 Å². The molecule has 140 valence electrons. The number of amides is 1. The molecule has 3 aromatic heterocycles. The van der Waals surface area contributed by atoms with Gasteiger partial charge in [0.25, 0.3) is 5.91 Å². The van der Waals surface area contributed by atoms with Gasteiger partial charge in [-0.15, -0.1) is 0 Å². The second-order valence-electron chi connectivity index (χ2n) is 6.96. The molecule has 1 aromatic carbocycles. The number of rotatable bonds is 4. The van der Waals surface area contributed by atoms with Crippen molar-refractivity contribution in [1.29, 1.82) is 0 Å². The summed E-state index contributed by atoms with van der Waals surface area (Å²) in [5, 5.41) is 8.64. The molecule has 4 aromatic rings. The molecule has 28 heavy (non-hydrogen) atoms. The van der Waals surface area contributed by atoms with Gasteiger partial charge in [0.1, 0.15) is 0 Å². The molecule has 0 spiro atoms. The lowest BCUT2D eigenvalue weighted by molar-refractivity contribution is 0.0890. The average Bonchev–Trinajstić information content (AvgIpc) is 3.35. The van der Waals surface area contributed by atoms with Crippen LogP contribution in [0.1, 0.15) is 16.1 Å². The Bertz CT molecular complexity index is 1150. The van der Waals surface area contributed by atoms with Gasteiger partial charge in [-0.3, -0.25) is 9.78 Å². The largest absolute Gasteiger partial charge is 0.379 e. The summed E-state index contributed by atoms with van der Waals surface area (Å²) in [6.45, 7) is 1.07. The van der Waals surface area contributed by atoms with Gasteiger partial charge in [-0.1, -0.05) is 23.4 Å². The average molecular weight is 374 g/mol. The van der Waals surface area contributed by atoms with Crippen molar-refractivity contribution in [2.24, 2.45) is 5.92 Å². The van der Waals surface area contributed by atoms with Gasteiger partial charge in [0.2, 0.25) is 11.4 Å². The van der Waals surface area contributed by atoms with Gasteiger partial charge in [0.15, 0.2) is 0 Å². The summed E-state index contributed by atoms with van der Waals surface area (Å²) in [6.07, 6.45) is 4.24. The van der Waals surface area contributed by atoms with Gasteiger partial charge < -0.3 is 14.6 Å². The van der Waals surface area contributed by atoms with E-state index < -0.39 is 0 Å². The van der Waals surface area contributed by atoms with E-state index in [1.807, 2.05) is 30.5 Å². The van der Waals surface area contributed by atoms with Gasteiger partial charge in [-0.2, -0.15) is 0 Å². The number of hydrogen-bond acceptors (Lipinski definition) is 6. The Morgan fingerprint density at radius 2 is 1.93 bits per heavy atom. The van der Waals surface area contributed by atoms with E-state index in [0.717, 1.165) is 17.3 Å². The molecule has 1 saturated heterocycles. The second kappa shape index (κ2) is 7.01. The van der Waals surface area contributed by atoms with Crippen LogP contribution >= 0.6 is 0 Å². The third-order valence-electron chi connectivity index (χ3n) is 5.20. The van der Waals surface area contributed by atoms with Crippen LogP contribution in [-0.4, -0.2) is 40.3 Å². The molecular weight excluding hydrogens is 356 g/mol. The van der Waals surface area contributed by atoms with E-state index in [1.165, 1.54) is 5.56 Å². The summed E-state index contributed by atoms with van der Waals surface area (Å²) in [7, 11) is 0. The Morgan fingerprint density at radius 1 is 1.04 bits per heavy atom. The number of carbonyl (C=O) groups excluding carboxylic acids is 1. The zero-order valence-electron chi connectivity index (χ0n) is 15.0. The molecule has 7 nitrogen and oxygen atoms in total. The maximum absolute atomic E-state index is 12.7. The Hall–Kier alpha value is -3.32. The fraction of sp³-hybridized carbons (Fsp3) is 0.238. The Labute approximate surface area is 160 Å². The Kier molecular flexibility index (Phi) is 4.21. The van der Waals surface area contributed by atoms with Gasteiger partial charge in [-0.25, -0.2) is 4.98 Å². The number of hydrogen-bond donors (Lipinski definition) is 1. The zero-order chi connectivity index (χ0) is 18.9. The van der Waals surface area contributed by atoms with Crippen molar-refractivity contribution in [2.75, 3.05) is 13.2 Å². The van der Waals surface area contributed by atoms with E-state index in [4.69, 9.17) is 9.26 Å². The first-order chi connectivity index (χ1) is 13.8. The molecule has 1 aliphatic rings. The van der Waals surface area contributed by atoms with Gasteiger partial charge >= 0.3 is 0 Å². The van der Waals surface area contributed by atoms with Crippen LogP contribution in [-0.2, 0) is 11.2 Å². The van der Waals surface area contributed by atoms with Crippen LogP contribution in [0.5, 0.6) is 0 Å². The van der Waals surface area contributed by atoms with Crippen molar-refractivity contribution in [3.05, 3.63) is 66.2 Å². The van der Waals surface area contributed by atoms with Crippen LogP contribution in [0.4, 0.5) is 0 Å². The number of carbonyl (C=O) groups is 1. The van der Waals surface area contributed by atoms with Gasteiger partial charge in [-0.05, 0) is 36.2 Å². The molecule has 1 amide bonds. The molecule has 0 saturated carbocycles. The van der Waals surface area contributed by atoms with E-state index in [9.17, 15) is 4.79 Å². The molecule has 1 fully saturated rings. The van der Waals surface area contributed by atoms with Crippen molar-refractivity contribution in [1.82, 2.24) is 20.4 Å². The molecule has 5 rings (SSSR count). The van der Waals surface area contributed by atoms with Crippen molar-refractivity contribution in [3.8, 4) is 0 Å². The highest BCUT2D eigenvalue weighted by Gasteiger charge is 2.31. The summed E-state index contributed by atoms with van der Waals surface area (Å²) in [5.74, 6) is 0.0563. The number of fused-ring (bicyclic) bond motifs is 2. The van der Waals surface area contributed by atoms with Crippen LogP contribution in [0.15, 0.2) is 59.4 Å². The third kappa shape index (κ3) is 2.99. The van der Waals surface area contributed by atoms with Gasteiger partial charge in [0, 0.05) is 23.7 Å². The topological polar surface area (TPSA) is 90.1 Å². The first-order valence-electron chi connectivity index (χ1n) is 9.21. The lowest BCUT2D eigenvalue weighted by atomic mass is 9.93. The van der Waals surface area contributed by atoms with Crippen molar-refractivity contribution < 1.29 is 14.1 Å². The SMILES string of the molecule is O=C(N[C@@H]1COC[C@H]1Cc1ccnc2ccccc12)c1onc2ncccc12. The number of benzene rings is 1. The van der Waals surface area contributed by atoms with E-state index in [2.05, 4.69) is 26.5 Å². The smallest absolute Gasteiger partial charge is 0.290 e. The minimum absolute atomic E-state index is 0.101. The standard InChI is InChI=1S/C21H18N4O3/c26-21(19-16-5-3-8-23-20(16)25-28-19)24-18-12-27-11-14(18)10-13-7-9-22-17-6-2-1-4-15(13)17/h1-9,14,18H,10-12H2,(H,24,26)/t14-,18-/m1/s1. The fourth-order valence-corrected chi connectivity index (χ4v) is 3.76. The first-order valence-corrected chi connectivity index (χ1v) is 9.21. The molecular formula is C21H18N4O3. The Morgan fingerprint density at radius 3 is 2.89 bits per heavy atom. The number of pyridine rings is 2. The summed E-state index contributed by atoms with van der Waals surface area (Å²) < 4.78 is 10.9. The molecule has 0 unspecified atom stereocenters. The molecule has 2 atom stereocenters. The maximum atomic E-state index is 12.7. The van der Waals surface area contributed by atoms with Crippen LogP contribution in [0.2, 0.25) is 0 Å². The third-order valence-corrected chi connectivity index (χ3v) is 5.20. The number of nitrogens with zero attached hydrogens (tertiary/aromatic N) is 3.